The van der Waals surface area contributed by atoms with E-state index < -0.39 is 16.9 Å². The van der Waals surface area contributed by atoms with Gasteiger partial charge in [-0.15, -0.1) is 0 Å². The minimum absolute atomic E-state index is 0.0695. The van der Waals surface area contributed by atoms with E-state index in [1.807, 2.05) is 0 Å². The van der Waals surface area contributed by atoms with Gasteiger partial charge in [0.15, 0.2) is 0 Å². The largest absolute Gasteiger partial charge is 0.382 e. The number of rotatable bonds is 3. The number of benzene rings is 1. The van der Waals surface area contributed by atoms with Crippen molar-refractivity contribution in [2.75, 3.05) is 0 Å². The summed E-state index contributed by atoms with van der Waals surface area (Å²) in [5, 5.41) is 14.5. The minimum Gasteiger partial charge on any atom is -0.382 e. The van der Waals surface area contributed by atoms with Crippen molar-refractivity contribution in [3.05, 3.63) is 39.9 Å². The summed E-state index contributed by atoms with van der Waals surface area (Å²) in [6.07, 6.45) is -0.690. The van der Waals surface area contributed by atoms with Gasteiger partial charge in [-0.05, 0) is 6.07 Å². The fourth-order valence-electron chi connectivity index (χ4n) is 1.57. The fourth-order valence-corrected chi connectivity index (χ4v) is 1.57. The second kappa shape index (κ2) is 4.20. The lowest BCUT2D eigenvalue weighted by atomic mass is 10.0. The van der Waals surface area contributed by atoms with Crippen molar-refractivity contribution >= 4 is 17.3 Å². The summed E-state index contributed by atoms with van der Waals surface area (Å²) < 4.78 is 0. The summed E-state index contributed by atoms with van der Waals surface area (Å²) in [6.45, 7) is 0. The zero-order valence-electron chi connectivity index (χ0n) is 8.70. The lowest BCUT2D eigenvalue weighted by molar-refractivity contribution is -0.385. The van der Waals surface area contributed by atoms with E-state index in [0.29, 0.717) is 11.3 Å². The van der Waals surface area contributed by atoms with Crippen LogP contribution in [0, 0.1) is 10.1 Å². The maximum atomic E-state index is 10.9. The van der Waals surface area contributed by atoms with Gasteiger partial charge in [0.25, 0.3) is 11.6 Å². The van der Waals surface area contributed by atoms with Gasteiger partial charge in [0, 0.05) is 12.5 Å². The van der Waals surface area contributed by atoms with Crippen molar-refractivity contribution in [1.29, 1.82) is 0 Å². The predicted octanol–water partition coefficient (Wildman–Crippen LogP) is 0.573. The van der Waals surface area contributed by atoms with Gasteiger partial charge in [0.2, 0.25) is 6.10 Å². The zero-order chi connectivity index (χ0) is 12.4. The first-order chi connectivity index (χ1) is 8.09. The quantitative estimate of drug-likeness (QED) is 0.610. The van der Waals surface area contributed by atoms with Gasteiger partial charge in [0.05, 0.1) is 16.2 Å². The van der Waals surface area contributed by atoms with Gasteiger partial charge >= 0.3 is 0 Å². The van der Waals surface area contributed by atoms with E-state index in [2.05, 4.69) is 5.16 Å². The average Bonchev–Trinajstić information content (AvgIpc) is 2.78. The summed E-state index contributed by atoms with van der Waals surface area (Å²) in [6, 6.07) is 6.14. The number of hydrogen-bond donors (Lipinski definition) is 1. The number of nitro groups is 1. The Morgan fingerprint density at radius 1 is 1.53 bits per heavy atom. The molecule has 1 aliphatic rings. The van der Waals surface area contributed by atoms with E-state index in [4.69, 9.17) is 10.6 Å². The highest BCUT2D eigenvalue weighted by Gasteiger charge is 2.30. The lowest BCUT2D eigenvalue weighted by Gasteiger charge is -2.01. The first-order valence-electron chi connectivity index (χ1n) is 4.85. The first kappa shape index (κ1) is 11.1. The molecule has 88 valence electrons. The number of nitrogens with zero attached hydrogens (tertiary/aromatic N) is 2. The van der Waals surface area contributed by atoms with Crippen LogP contribution in [-0.2, 0) is 9.63 Å². The molecule has 0 radical (unpaired) electrons. The Bertz CT molecular complexity index is 512. The Kier molecular flexibility index (Phi) is 2.73. The molecule has 0 fully saturated rings. The Morgan fingerprint density at radius 2 is 2.24 bits per heavy atom. The Hall–Kier alpha value is -2.44. The van der Waals surface area contributed by atoms with Crippen LogP contribution in [-0.4, -0.2) is 22.6 Å². The van der Waals surface area contributed by atoms with E-state index in [1.165, 1.54) is 6.07 Å². The molecule has 0 bridgehead atoms. The first-order valence-corrected chi connectivity index (χ1v) is 4.85. The molecule has 1 amide bonds. The molecular formula is C10H9N3O4. The van der Waals surface area contributed by atoms with E-state index in [0.717, 1.165) is 0 Å². The summed E-state index contributed by atoms with van der Waals surface area (Å²) in [5.74, 6) is -0.637. The molecule has 2 N–H and O–H groups in total. The summed E-state index contributed by atoms with van der Waals surface area (Å²) in [4.78, 5) is 26.0. The monoisotopic (exact) mass is 235 g/mol. The molecule has 0 saturated carbocycles. The highest BCUT2D eigenvalue weighted by Crippen LogP contribution is 2.24. The molecule has 0 unspecified atom stereocenters. The number of hydrogen-bond acceptors (Lipinski definition) is 5. The topological polar surface area (TPSA) is 108 Å². The molecular weight excluding hydrogens is 226 g/mol. The van der Waals surface area contributed by atoms with Crippen molar-refractivity contribution < 1.29 is 14.6 Å². The Balaban J connectivity index is 2.31. The molecule has 0 aliphatic carbocycles. The third kappa shape index (κ3) is 2.07. The summed E-state index contributed by atoms with van der Waals surface area (Å²) >= 11 is 0. The van der Waals surface area contributed by atoms with E-state index >= 15 is 0 Å². The van der Waals surface area contributed by atoms with E-state index in [-0.39, 0.29) is 12.1 Å². The van der Waals surface area contributed by atoms with Crippen molar-refractivity contribution in [3.8, 4) is 0 Å². The average molecular weight is 235 g/mol. The summed E-state index contributed by atoms with van der Waals surface area (Å²) in [7, 11) is 0. The second-order valence-electron chi connectivity index (χ2n) is 3.51. The maximum absolute atomic E-state index is 10.9. The number of amides is 1. The number of nitrogens with two attached hydrogens (primary N) is 1. The maximum Gasteiger partial charge on any atom is 0.278 e. The van der Waals surface area contributed by atoms with Crippen LogP contribution < -0.4 is 5.73 Å². The molecule has 7 nitrogen and oxygen atoms in total. The standard InChI is InChI=1S/C10H9N3O4/c11-10(14)9-5-7(12-17-9)6-3-1-2-4-8(6)13(15)16/h1-4,9H,5H2,(H2,11,14)/t9-/m0/s1. The van der Waals surface area contributed by atoms with Crippen molar-refractivity contribution in [3.63, 3.8) is 0 Å². The van der Waals surface area contributed by atoms with Crippen LogP contribution in [0.4, 0.5) is 5.69 Å². The highest BCUT2D eigenvalue weighted by atomic mass is 16.6. The van der Waals surface area contributed by atoms with Crippen LogP contribution in [0.25, 0.3) is 0 Å². The van der Waals surface area contributed by atoms with Crippen LogP contribution in [0.3, 0.4) is 0 Å². The Morgan fingerprint density at radius 3 is 2.82 bits per heavy atom. The Labute approximate surface area is 96.0 Å². The smallest absolute Gasteiger partial charge is 0.278 e. The van der Waals surface area contributed by atoms with Crippen LogP contribution in [0.5, 0.6) is 0 Å². The number of carbonyl (C=O) groups excluding carboxylic acids is 1. The van der Waals surface area contributed by atoms with Gasteiger partial charge in [-0.25, -0.2) is 0 Å². The summed E-state index contributed by atoms with van der Waals surface area (Å²) in [5.41, 5.74) is 5.71. The van der Waals surface area contributed by atoms with Crippen LogP contribution in [0.2, 0.25) is 0 Å². The molecule has 1 aromatic rings. The zero-order valence-corrected chi connectivity index (χ0v) is 8.70. The molecule has 0 spiro atoms. The molecule has 17 heavy (non-hydrogen) atoms. The number of carbonyl (C=O) groups is 1. The molecule has 2 rings (SSSR count). The SMILES string of the molecule is NC(=O)[C@@H]1CC(c2ccccc2[N+](=O)[O-])=NO1. The molecule has 1 atom stereocenters. The number of primary amides is 1. The number of para-hydroxylation sites is 1. The minimum atomic E-state index is -0.843. The van der Waals surface area contributed by atoms with Crippen LogP contribution in [0.15, 0.2) is 29.4 Å². The lowest BCUT2D eigenvalue weighted by Crippen LogP contribution is -2.28. The molecule has 7 heteroatoms. The van der Waals surface area contributed by atoms with Gasteiger partial charge in [0.1, 0.15) is 0 Å². The number of nitro benzene ring substituents is 1. The van der Waals surface area contributed by atoms with Crippen molar-refractivity contribution in [2.24, 2.45) is 10.9 Å². The molecule has 1 heterocycles. The molecule has 0 saturated heterocycles. The van der Waals surface area contributed by atoms with Crippen molar-refractivity contribution in [1.82, 2.24) is 0 Å². The third-order valence-corrected chi connectivity index (χ3v) is 2.40. The highest BCUT2D eigenvalue weighted by molar-refractivity contribution is 6.06. The third-order valence-electron chi connectivity index (χ3n) is 2.40. The van der Waals surface area contributed by atoms with E-state index in [9.17, 15) is 14.9 Å². The normalized spacial score (nSPS) is 18.4. The van der Waals surface area contributed by atoms with Crippen LogP contribution in [0.1, 0.15) is 12.0 Å². The molecule has 1 aromatic carbocycles. The van der Waals surface area contributed by atoms with Gasteiger partial charge in [-0.3, -0.25) is 14.9 Å². The van der Waals surface area contributed by atoms with Gasteiger partial charge < -0.3 is 10.6 Å². The van der Waals surface area contributed by atoms with Crippen molar-refractivity contribution in [2.45, 2.75) is 12.5 Å². The van der Waals surface area contributed by atoms with E-state index in [1.54, 1.807) is 18.2 Å². The van der Waals surface area contributed by atoms with Gasteiger partial charge in [-0.2, -0.15) is 0 Å². The fraction of sp³-hybridized carbons (Fsp3) is 0.200. The molecule has 0 aromatic heterocycles. The predicted molar refractivity (Wildman–Crippen MR) is 58.3 cm³/mol. The molecule has 1 aliphatic heterocycles. The number of oxime groups is 1. The second-order valence-corrected chi connectivity index (χ2v) is 3.51. The van der Waals surface area contributed by atoms with Crippen LogP contribution >= 0.6 is 0 Å². The van der Waals surface area contributed by atoms with Gasteiger partial charge in [-0.1, -0.05) is 17.3 Å².